The van der Waals surface area contributed by atoms with Gasteiger partial charge in [0.25, 0.3) is 0 Å². The zero-order valence-electron chi connectivity index (χ0n) is 16.3. The van der Waals surface area contributed by atoms with Crippen molar-refractivity contribution in [1.29, 1.82) is 0 Å². The molecule has 1 heterocycles. The summed E-state index contributed by atoms with van der Waals surface area (Å²) >= 11 is 12.3. The Kier molecular flexibility index (Phi) is 5.28. The van der Waals surface area contributed by atoms with Crippen LogP contribution >= 0.6 is 23.2 Å². The lowest BCUT2D eigenvalue weighted by molar-refractivity contribution is -0.193. The minimum absolute atomic E-state index is 0.0670. The molecule has 0 bridgehead atoms. The van der Waals surface area contributed by atoms with Crippen LogP contribution in [0.2, 0.25) is 0 Å². The summed E-state index contributed by atoms with van der Waals surface area (Å²) in [4.78, 5) is 11.7. The molecule has 146 valence electrons. The SMILES string of the molecule is CC(=O)OC1C(C)=CC2C(C(C)=C(Cl)Cl)CCC(C)C23OC(C)(C)OC13. The lowest BCUT2D eigenvalue weighted by Crippen LogP contribution is -2.62. The highest BCUT2D eigenvalue weighted by molar-refractivity contribution is 6.56. The average Bonchev–Trinajstić information content (AvgIpc) is 2.81. The number of rotatable bonds is 2. The lowest BCUT2D eigenvalue weighted by atomic mass is 9.56. The summed E-state index contributed by atoms with van der Waals surface area (Å²) in [5.74, 6) is -0.579. The van der Waals surface area contributed by atoms with E-state index in [9.17, 15) is 4.79 Å². The Labute approximate surface area is 165 Å². The first-order chi connectivity index (χ1) is 12.0. The van der Waals surface area contributed by atoms with Crippen molar-refractivity contribution in [2.75, 3.05) is 0 Å². The molecule has 1 spiro atoms. The zero-order valence-corrected chi connectivity index (χ0v) is 17.8. The first-order valence-electron chi connectivity index (χ1n) is 9.25. The number of hydrogen-bond acceptors (Lipinski definition) is 4. The maximum Gasteiger partial charge on any atom is 0.303 e. The minimum Gasteiger partial charge on any atom is -0.455 e. The molecule has 0 aromatic rings. The molecule has 6 atom stereocenters. The van der Waals surface area contributed by atoms with Crippen molar-refractivity contribution in [2.24, 2.45) is 17.8 Å². The van der Waals surface area contributed by atoms with E-state index in [1.165, 1.54) is 6.92 Å². The summed E-state index contributed by atoms with van der Waals surface area (Å²) in [6.07, 6.45) is 3.35. The van der Waals surface area contributed by atoms with Crippen LogP contribution in [-0.2, 0) is 19.0 Å². The fourth-order valence-corrected chi connectivity index (χ4v) is 5.42. The first-order valence-corrected chi connectivity index (χ1v) is 10.0. The molecule has 0 radical (unpaired) electrons. The van der Waals surface area contributed by atoms with Crippen LogP contribution in [0.3, 0.4) is 0 Å². The Balaban J connectivity index is 2.15. The number of carbonyl (C=O) groups excluding carboxylic acids is 1. The van der Waals surface area contributed by atoms with Crippen LogP contribution in [0.25, 0.3) is 0 Å². The van der Waals surface area contributed by atoms with Crippen LogP contribution in [0, 0.1) is 17.8 Å². The van der Waals surface area contributed by atoms with Crippen molar-refractivity contribution in [1.82, 2.24) is 0 Å². The number of esters is 1. The van der Waals surface area contributed by atoms with Crippen molar-refractivity contribution >= 4 is 29.2 Å². The van der Waals surface area contributed by atoms with Gasteiger partial charge in [0.15, 0.2) is 11.9 Å². The van der Waals surface area contributed by atoms with E-state index in [0.29, 0.717) is 4.49 Å². The molecule has 6 unspecified atom stereocenters. The van der Waals surface area contributed by atoms with Crippen molar-refractivity contribution in [3.05, 3.63) is 21.7 Å². The summed E-state index contributed by atoms with van der Waals surface area (Å²) < 4.78 is 18.9. The molecule has 1 saturated heterocycles. The number of halogens is 2. The van der Waals surface area contributed by atoms with E-state index in [1.807, 2.05) is 27.7 Å². The lowest BCUT2D eigenvalue weighted by Gasteiger charge is -2.54. The molecule has 2 aliphatic carbocycles. The summed E-state index contributed by atoms with van der Waals surface area (Å²) in [6, 6.07) is 0. The molecule has 6 heteroatoms. The smallest absolute Gasteiger partial charge is 0.303 e. The molecule has 0 N–H and O–H groups in total. The van der Waals surface area contributed by atoms with Gasteiger partial charge in [0, 0.05) is 12.8 Å². The molecule has 3 rings (SSSR count). The maximum absolute atomic E-state index is 11.7. The van der Waals surface area contributed by atoms with Gasteiger partial charge >= 0.3 is 5.97 Å². The van der Waals surface area contributed by atoms with Crippen molar-refractivity contribution < 1.29 is 19.0 Å². The monoisotopic (exact) mass is 402 g/mol. The normalized spacial score (nSPS) is 40.9. The molecule has 1 saturated carbocycles. The molecular weight excluding hydrogens is 375 g/mol. The van der Waals surface area contributed by atoms with Gasteiger partial charge in [-0.25, -0.2) is 0 Å². The Morgan fingerprint density at radius 1 is 1.27 bits per heavy atom. The third kappa shape index (κ3) is 3.13. The van der Waals surface area contributed by atoms with Crippen molar-refractivity contribution in [3.8, 4) is 0 Å². The van der Waals surface area contributed by atoms with E-state index in [4.69, 9.17) is 37.4 Å². The van der Waals surface area contributed by atoms with E-state index in [1.54, 1.807) is 0 Å². The summed E-state index contributed by atoms with van der Waals surface area (Å²) in [6.45, 7) is 11.4. The van der Waals surface area contributed by atoms with Gasteiger partial charge in [-0.15, -0.1) is 0 Å². The van der Waals surface area contributed by atoms with E-state index in [-0.39, 0.29) is 29.8 Å². The minimum atomic E-state index is -0.752. The van der Waals surface area contributed by atoms with Crippen molar-refractivity contribution in [3.63, 3.8) is 0 Å². The van der Waals surface area contributed by atoms with E-state index >= 15 is 0 Å². The Hall–Kier alpha value is -0.550. The number of hydrogen-bond donors (Lipinski definition) is 0. The van der Waals surface area contributed by atoms with Gasteiger partial charge in [-0.2, -0.15) is 0 Å². The zero-order chi connectivity index (χ0) is 19.4. The van der Waals surface area contributed by atoms with Crippen LogP contribution < -0.4 is 0 Å². The first kappa shape index (κ1) is 20.2. The fraction of sp³-hybridized carbons (Fsp3) is 0.750. The Bertz CT molecular complexity index is 665. The van der Waals surface area contributed by atoms with E-state index in [2.05, 4.69) is 13.0 Å². The van der Waals surface area contributed by atoms with Crippen LogP contribution in [0.15, 0.2) is 21.7 Å². The largest absolute Gasteiger partial charge is 0.455 e. The summed E-state index contributed by atoms with van der Waals surface area (Å²) in [7, 11) is 0. The molecule has 26 heavy (non-hydrogen) atoms. The van der Waals surface area contributed by atoms with Gasteiger partial charge in [-0.05, 0) is 63.5 Å². The highest BCUT2D eigenvalue weighted by Crippen LogP contribution is 2.59. The highest BCUT2D eigenvalue weighted by atomic mass is 35.5. The number of ether oxygens (including phenoxy) is 3. The van der Waals surface area contributed by atoms with E-state index < -0.39 is 17.5 Å². The summed E-state index contributed by atoms with van der Waals surface area (Å²) in [5, 5.41) is 0. The second kappa shape index (κ2) is 6.80. The Morgan fingerprint density at radius 3 is 2.50 bits per heavy atom. The molecule has 0 aromatic carbocycles. The summed E-state index contributed by atoms with van der Waals surface area (Å²) in [5.41, 5.74) is 1.40. The maximum atomic E-state index is 11.7. The number of carbonyl (C=O) groups is 1. The molecule has 1 aliphatic heterocycles. The molecule has 4 nitrogen and oxygen atoms in total. The number of allylic oxidation sites excluding steroid dienone is 1. The quantitative estimate of drug-likeness (QED) is 0.473. The van der Waals surface area contributed by atoms with Crippen LogP contribution in [0.4, 0.5) is 0 Å². The molecule has 0 aromatic heterocycles. The highest BCUT2D eigenvalue weighted by Gasteiger charge is 2.67. The molecule has 0 amide bonds. The second-order valence-corrected chi connectivity index (χ2v) is 9.34. The third-order valence-corrected chi connectivity index (χ3v) is 6.82. The molecule has 3 aliphatic rings. The molecular formula is C20H28Cl2O4. The van der Waals surface area contributed by atoms with Gasteiger partial charge < -0.3 is 14.2 Å². The fourth-order valence-electron chi connectivity index (χ4n) is 5.14. The topological polar surface area (TPSA) is 44.8 Å². The standard InChI is InChI=1S/C20H28Cl2O4/c1-10-9-15-14(12(3)18(21)22)8-7-11(2)20(15)17(16(10)24-13(4)23)25-19(5,6)26-20/h9,11,14-17H,7-8H2,1-6H3. The predicted octanol–water partition coefficient (Wildman–Crippen LogP) is 5.14. The van der Waals surface area contributed by atoms with Gasteiger partial charge in [-0.1, -0.05) is 36.2 Å². The van der Waals surface area contributed by atoms with Gasteiger partial charge in [0.2, 0.25) is 0 Å². The van der Waals surface area contributed by atoms with Crippen LogP contribution in [-0.4, -0.2) is 29.6 Å². The van der Waals surface area contributed by atoms with Gasteiger partial charge in [0.05, 0.1) is 0 Å². The Morgan fingerprint density at radius 2 is 1.92 bits per heavy atom. The van der Waals surface area contributed by atoms with E-state index in [0.717, 1.165) is 24.0 Å². The average molecular weight is 403 g/mol. The van der Waals surface area contributed by atoms with Gasteiger partial charge in [0.1, 0.15) is 16.2 Å². The second-order valence-electron chi connectivity index (χ2n) is 8.39. The van der Waals surface area contributed by atoms with Crippen LogP contribution in [0.5, 0.6) is 0 Å². The predicted molar refractivity (Wildman–Crippen MR) is 102 cm³/mol. The third-order valence-electron chi connectivity index (χ3n) is 6.23. The molecule has 2 fully saturated rings. The van der Waals surface area contributed by atoms with Crippen LogP contribution in [0.1, 0.15) is 54.4 Å². The van der Waals surface area contributed by atoms with Gasteiger partial charge in [-0.3, -0.25) is 4.79 Å². The van der Waals surface area contributed by atoms with Crippen molar-refractivity contribution in [2.45, 2.75) is 78.0 Å².